The summed E-state index contributed by atoms with van der Waals surface area (Å²) in [5.74, 6) is 0.779. The number of rotatable bonds is 5. The number of hydrogen-bond donors (Lipinski definition) is 1. The second kappa shape index (κ2) is 9.47. The third-order valence-corrected chi connectivity index (χ3v) is 7.20. The van der Waals surface area contributed by atoms with Crippen molar-refractivity contribution in [3.05, 3.63) is 22.4 Å². The van der Waals surface area contributed by atoms with Crippen LogP contribution in [-0.4, -0.2) is 79.5 Å². The molecule has 1 N–H and O–H groups in total. The van der Waals surface area contributed by atoms with Crippen molar-refractivity contribution in [3.63, 3.8) is 0 Å². The highest BCUT2D eigenvalue weighted by atomic mass is 32.1. The van der Waals surface area contributed by atoms with Gasteiger partial charge in [0.2, 0.25) is 0 Å². The lowest BCUT2D eigenvalue weighted by Gasteiger charge is -2.53. The van der Waals surface area contributed by atoms with E-state index in [-0.39, 0.29) is 23.4 Å². The Morgan fingerprint density at radius 3 is 2.55 bits per heavy atom. The molecule has 2 aliphatic heterocycles. The maximum Gasteiger partial charge on any atom is 0.316 e. The first kappa shape index (κ1) is 22.1. The van der Waals surface area contributed by atoms with E-state index in [1.54, 1.807) is 30.3 Å². The first-order valence-corrected chi connectivity index (χ1v) is 11.8. The Labute approximate surface area is 179 Å². The van der Waals surface area contributed by atoms with Crippen molar-refractivity contribution in [1.82, 2.24) is 20.0 Å². The van der Waals surface area contributed by atoms with Gasteiger partial charge in [0.15, 0.2) is 0 Å². The molecule has 0 aromatic carbocycles. The predicted molar refractivity (Wildman–Crippen MR) is 118 cm³/mol. The molecule has 29 heavy (non-hydrogen) atoms. The Morgan fingerprint density at radius 1 is 1.24 bits per heavy atom. The van der Waals surface area contributed by atoms with Gasteiger partial charge in [0.25, 0.3) is 5.91 Å². The third-order valence-electron chi connectivity index (χ3n) is 6.51. The van der Waals surface area contributed by atoms with Crippen LogP contribution in [0.1, 0.15) is 49.9 Å². The van der Waals surface area contributed by atoms with Crippen LogP contribution in [0.4, 0.5) is 4.79 Å². The van der Waals surface area contributed by atoms with Crippen LogP contribution >= 0.6 is 11.3 Å². The van der Waals surface area contributed by atoms with Crippen molar-refractivity contribution in [2.45, 2.75) is 45.6 Å². The lowest BCUT2D eigenvalue weighted by Crippen LogP contribution is -2.61. The Balaban J connectivity index is 1.79. The molecule has 3 heterocycles. The molecule has 162 valence electrons. The molecule has 3 amide bonds. The van der Waals surface area contributed by atoms with Crippen LogP contribution in [0, 0.1) is 11.3 Å². The number of nitrogens with one attached hydrogen (secondary N) is 1. The van der Waals surface area contributed by atoms with Crippen LogP contribution in [0.2, 0.25) is 0 Å². The smallest absolute Gasteiger partial charge is 0.316 e. The highest BCUT2D eigenvalue weighted by Crippen LogP contribution is 2.45. The number of hydrogen-bond acceptors (Lipinski definition) is 4. The summed E-state index contributed by atoms with van der Waals surface area (Å²) in [6, 6.07) is 1.87. The van der Waals surface area contributed by atoms with Crippen LogP contribution < -0.4 is 5.32 Å². The number of carbonyl (C=O) groups excluding carboxylic acids is 2. The predicted octanol–water partition coefficient (Wildman–Crippen LogP) is 3.36. The number of amides is 3. The normalized spacial score (nSPS) is 22.1. The van der Waals surface area contributed by atoms with Crippen molar-refractivity contribution >= 4 is 23.3 Å². The molecule has 0 bridgehead atoms. The molecule has 3 rings (SSSR count). The van der Waals surface area contributed by atoms with E-state index in [1.807, 2.05) is 16.8 Å². The minimum Gasteiger partial charge on any atom is -0.336 e. The van der Waals surface area contributed by atoms with Crippen LogP contribution in [0.3, 0.4) is 0 Å². The minimum atomic E-state index is -0.0918. The molecule has 2 saturated heterocycles. The van der Waals surface area contributed by atoms with E-state index in [2.05, 4.69) is 29.0 Å². The molecule has 6 nitrogen and oxygen atoms in total. The summed E-state index contributed by atoms with van der Waals surface area (Å²) in [5, 5.41) is 6.97. The van der Waals surface area contributed by atoms with Crippen molar-refractivity contribution in [2.24, 2.45) is 11.3 Å². The average molecular weight is 421 g/mol. The molecular weight excluding hydrogens is 384 g/mol. The lowest BCUT2D eigenvalue weighted by molar-refractivity contribution is -0.0233. The van der Waals surface area contributed by atoms with Gasteiger partial charge in [-0.15, -0.1) is 0 Å². The van der Waals surface area contributed by atoms with E-state index in [4.69, 9.17) is 0 Å². The Hall–Kier alpha value is -1.60. The maximum atomic E-state index is 13.3. The molecule has 1 unspecified atom stereocenters. The van der Waals surface area contributed by atoms with Gasteiger partial charge >= 0.3 is 6.03 Å². The fourth-order valence-electron chi connectivity index (χ4n) is 5.00. The lowest BCUT2D eigenvalue weighted by atomic mass is 9.66. The first-order chi connectivity index (χ1) is 13.8. The van der Waals surface area contributed by atoms with Crippen molar-refractivity contribution in [2.75, 3.05) is 46.8 Å². The fraction of sp³-hybridized carbons (Fsp3) is 0.727. The molecule has 0 radical (unpaired) electrons. The SMILES string of the molecule is CC(C)CN1CCC2(CCCN(C(=O)c3ccsc3)C2CNC(=O)N(C)C)CC1. The van der Waals surface area contributed by atoms with Crippen LogP contribution in [0.5, 0.6) is 0 Å². The summed E-state index contributed by atoms with van der Waals surface area (Å²) in [7, 11) is 3.51. The minimum absolute atomic E-state index is 0.0498. The summed E-state index contributed by atoms with van der Waals surface area (Å²) >= 11 is 1.56. The number of piperidine rings is 2. The molecule has 1 spiro atoms. The van der Waals surface area contributed by atoms with Gasteiger partial charge in [-0.1, -0.05) is 13.8 Å². The molecule has 0 saturated carbocycles. The summed E-state index contributed by atoms with van der Waals surface area (Å²) in [6.45, 7) is 9.13. The molecule has 1 aromatic heterocycles. The summed E-state index contributed by atoms with van der Waals surface area (Å²) < 4.78 is 0. The first-order valence-electron chi connectivity index (χ1n) is 10.8. The Kier molecular flexibility index (Phi) is 7.22. The summed E-state index contributed by atoms with van der Waals surface area (Å²) in [6.07, 6.45) is 4.36. The molecule has 2 fully saturated rings. The van der Waals surface area contributed by atoms with Gasteiger partial charge in [0, 0.05) is 39.1 Å². The van der Waals surface area contributed by atoms with E-state index in [0.717, 1.165) is 57.4 Å². The van der Waals surface area contributed by atoms with Gasteiger partial charge < -0.3 is 20.0 Å². The zero-order chi connectivity index (χ0) is 21.0. The molecule has 7 heteroatoms. The van der Waals surface area contributed by atoms with E-state index in [0.29, 0.717) is 12.5 Å². The zero-order valence-corrected chi connectivity index (χ0v) is 19.1. The number of likely N-dealkylation sites (tertiary alicyclic amines) is 2. The second-order valence-electron chi connectivity index (χ2n) is 9.27. The van der Waals surface area contributed by atoms with Gasteiger partial charge in [0.1, 0.15) is 0 Å². The topological polar surface area (TPSA) is 55.9 Å². The molecule has 1 atom stereocenters. The van der Waals surface area contributed by atoms with Crippen LogP contribution in [-0.2, 0) is 0 Å². The standard InChI is InChI=1S/C22H36N4O2S/c1-17(2)15-25-11-8-22(9-12-25)7-5-10-26(20(27)18-6-13-29-16-18)19(22)14-23-21(28)24(3)4/h6,13,16-17,19H,5,7-12,14-15H2,1-4H3,(H,23,28). The average Bonchev–Trinajstić information content (AvgIpc) is 3.22. The van der Waals surface area contributed by atoms with E-state index >= 15 is 0 Å². The molecule has 1 aromatic rings. The van der Waals surface area contributed by atoms with Crippen LogP contribution in [0.15, 0.2) is 16.8 Å². The largest absolute Gasteiger partial charge is 0.336 e. The van der Waals surface area contributed by atoms with Crippen molar-refractivity contribution in [3.8, 4) is 0 Å². The van der Waals surface area contributed by atoms with Crippen molar-refractivity contribution < 1.29 is 9.59 Å². The third kappa shape index (κ3) is 5.12. The summed E-state index contributed by atoms with van der Waals surface area (Å²) in [5.41, 5.74) is 0.866. The quantitative estimate of drug-likeness (QED) is 0.795. The molecule has 0 aliphatic carbocycles. The Morgan fingerprint density at radius 2 is 1.97 bits per heavy atom. The summed E-state index contributed by atoms with van der Waals surface area (Å²) in [4.78, 5) is 31.7. The number of carbonyl (C=O) groups is 2. The second-order valence-corrected chi connectivity index (χ2v) is 10.0. The number of nitrogens with zero attached hydrogens (tertiary/aromatic N) is 3. The van der Waals surface area contributed by atoms with Gasteiger partial charge in [-0.25, -0.2) is 4.79 Å². The van der Waals surface area contributed by atoms with Gasteiger partial charge in [-0.05, 0) is 61.6 Å². The van der Waals surface area contributed by atoms with Crippen molar-refractivity contribution in [1.29, 1.82) is 0 Å². The van der Waals surface area contributed by atoms with Crippen LogP contribution in [0.25, 0.3) is 0 Å². The van der Waals surface area contributed by atoms with E-state index in [9.17, 15) is 9.59 Å². The van der Waals surface area contributed by atoms with Gasteiger partial charge in [0.05, 0.1) is 11.6 Å². The fourth-order valence-corrected chi connectivity index (χ4v) is 5.63. The molecular formula is C22H36N4O2S. The Bertz CT molecular complexity index is 681. The maximum absolute atomic E-state index is 13.3. The van der Waals surface area contributed by atoms with E-state index < -0.39 is 0 Å². The molecule has 2 aliphatic rings. The van der Waals surface area contributed by atoms with Gasteiger partial charge in [-0.2, -0.15) is 11.3 Å². The number of thiophene rings is 1. The van der Waals surface area contributed by atoms with E-state index in [1.165, 1.54) is 0 Å². The monoisotopic (exact) mass is 420 g/mol. The highest BCUT2D eigenvalue weighted by molar-refractivity contribution is 7.08. The number of urea groups is 1. The highest BCUT2D eigenvalue weighted by Gasteiger charge is 2.47. The van der Waals surface area contributed by atoms with Gasteiger partial charge in [-0.3, -0.25) is 4.79 Å². The zero-order valence-electron chi connectivity index (χ0n) is 18.3.